The van der Waals surface area contributed by atoms with Gasteiger partial charge < -0.3 is 10.4 Å². The van der Waals surface area contributed by atoms with Crippen LogP contribution in [0, 0.1) is 0 Å². The lowest BCUT2D eigenvalue weighted by Gasteiger charge is -2.15. The van der Waals surface area contributed by atoms with E-state index in [4.69, 9.17) is 0 Å². The number of benzene rings is 2. The van der Waals surface area contributed by atoms with E-state index in [0.29, 0.717) is 12.1 Å². The number of phenols is 1. The van der Waals surface area contributed by atoms with E-state index in [9.17, 15) is 36.2 Å². The number of amides is 1. The van der Waals surface area contributed by atoms with Crippen LogP contribution in [0.2, 0.25) is 0 Å². The Bertz CT molecular complexity index is 735. The number of alkyl halides is 6. The molecule has 0 saturated carbocycles. The summed E-state index contributed by atoms with van der Waals surface area (Å²) in [6.45, 7) is 0. The third kappa shape index (κ3) is 3.98. The van der Waals surface area contributed by atoms with Crippen molar-refractivity contribution in [3.05, 3.63) is 59.2 Å². The Morgan fingerprint density at radius 3 is 1.83 bits per heavy atom. The highest BCUT2D eigenvalue weighted by atomic mass is 19.4. The monoisotopic (exact) mass is 349 g/mol. The van der Waals surface area contributed by atoms with Gasteiger partial charge in [-0.1, -0.05) is 12.1 Å². The lowest BCUT2D eigenvalue weighted by Crippen LogP contribution is -2.16. The summed E-state index contributed by atoms with van der Waals surface area (Å²) in [4.78, 5) is 11.9. The maximum atomic E-state index is 12.7. The van der Waals surface area contributed by atoms with Crippen molar-refractivity contribution in [2.75, 3.05) is 5.32 Å². The van der Waals surface area contributed by atoms with Gasteiger partial charge in [-0.25, -0.2) is 0 Å². The summed E-state index contributed by atoms with van der Waals surface area (Å²) in [5.74, 6) is -1.50. The Morgan fingerprint density at radius 1 is 0.875 bits per heavy atom. The summed E-state index contributed by atoms with van der Waals surface area (Å²) < 4.78 is 76.4. The first-order valence-corrected chi connectivity index (χ1v) is 6.37. The zero-order valence-corrected chi connectivity index (χ0v) is 11.7. The highest BCUT2D eigenvalue weighted by molar-refractivity contribution is 6.06. The number of para-hydroxylation sites is 1. The predicted molar refractivity (Wildman–Crippen MR) is 72.5 cm³/mol. The van der Waals surface area contributed by atoms with E-state index in [1.807, 2.05) is 5.32 Å². The van der Waals surface area contributed by atoms with Gasteiger partial charge in [-0.05, 0) is 30.3 Å². The third-order valence-electron chi connectivity index (χ3n) is 2.99. The summed E-state index contributed by atoms with van der Waals surface area (Å²) in [5.41, 5.74) is -4.08. The third-order valence-corrected chi connectivity index (χ3v) is 2.99. The van der Waals surface area contributed by atoms with Crippen LogP contribution in [-0.2, 0) is 12.4 Å². The molecular formula is C15H9F6NO2. The van der Waals surface area contributed by atoms with Gasteiger partial charge in [-0.3, -0.25) is 4.79 Å². The molecule has 2 aromatic carbocycles. The second-order valence-electron chi connectivity index (χ2n) is 4.77. The summed E-state index contributed by atoms with van der Waals surface area (Å²) in [7, 11) is 0. The van der Waals surface area contributed by atoms with Gasteiger partial charge in [0.2, 0.25) is 0 Å². The van der Waals surface area contributed by atoms with Gasteiger partial charge in [-0.2, -0.15) is 26.3 Å². The first-order valence-electron chi connectivity index (χ1n) is 6.37. The average Bonchev–Trinajstić information content (AvgIpc) is 2.45. The molecule has 0 spiro atoms. The lowest BCUT2D eigenvalue weighted by molar-refractivity contribution is -0.143. The summed E-state index contributed by atoms with van der Waals surface area (Å²) in [5, 5.41) is 11.4. The molecule has 0 aliphatic carbocycles. The number of hydrogen-bond donors (Lipinski definition) is 2. The highest BCUT2D eigenvalue weighted by Crippen LogP contribution is 2.37. The number of carbonyl (C=O) groups excluding carboxylic acids is 1. The molecule has 9 heteroatoms. The first kappa shape index (κ1) is 17.6. The molecule has 0 atom stereocenters. The summed E-state index contributed by atoms with van der Waals surface area (Å²) in [6, 6.07) is 5.82. The van der Waals surface area contributed by atoms with E-state index < -0.39 is 40.8 Å². The first-order chi connectivity index (χ1) is 11.0. The average molecular weight is 349 g/mol. The van der Waals surface area contributed by atoms with Crippen molar-refractivity contribution in [3.8, 4) is 5.75 Å². The van der Waals surface area contributed by atoms with Crippen LogP contribution in [-0.4, -0.2) is 11.0 Å². The minimum absolute atomic E-state index is 0.0460. The van der Waals surface area contributed by atoms with E-state index >= 15 is 0 Å². The van der Waals surface area contributed by atoms with E-state index in [2.05, 4.69) is 0 Å². The molecule has 0 heterocycles. The largest absolute Gasteiger partial charge is 0.507 e. The molecule has 0 aliphatic rings. The molecular weight excluding hydrogens is 340 g/mol. The van der Waals surface area contributed by atoms with Gasteiger partial charge >= 0.3 is 12.4 Å². The van der Waals surface area contributed by atoms with Crippen molar-refractivity contribution in [1.29, 1.82) is 0 Å². The topological polar surface area (TPSA) is 49.3 Å². The Kier molecular flexibility index (Phi) is 4.46. The number of hydrogen-bond acceptors (Lipinski definition) is 2. The minimum Gasteiger partial charge on any atom is -0.507 e. The highest BCUT2D eigenvalue weighted by Gasteiger charge is 2.37. The number of phenolic OH excluding ortho intramolecular Hbond substituents is 1. The molecule has 2 aromatic rings. The van der Waals surface area contributed by atoms with Gasteiger partial charge in [0.05, 0.1) is 16.7 Å². The van der Waals surface area contributed by atoms with E-state index in [1.54, 1.807) is 0 Å². The molecule has 0 fully saturated rings. The quantitative estimate of drug-likeness (QED) is 0.774. The molecule has 0 unspecified atom stereocenters. The van der Waals surface area contributed by atoms with Crippen molar-refractivity contribution in [2.45, 2.75) is 12.4 Å². The molecule has 0 saturated heterocycles. The Morgan fingerprint density at radius 2 is 1.38 bits per heavy atom. The summed E-state index contributed by atoms with van der Waals surface area (Å²) in [6.07, 6.45) is -10.0. The van der Waals surface area contributed by atoms with Crippen LogP contribution < -0.4 is 5.32 Å². The van der Waals surface area contributed by atoms with Gasteiger partial charge in [0, 0.05) is 5.69 Å². The van der Waals surface area contributed by atoms with E-state index in [1.165, 1.54) is 18.2 Å². The van der Waals surface area contributed by atoms with Crippen molar-refractivity contribution in [1.82, 2.24) is 0 Å². The Hall–Kier alpha value is -2.71. The predicted octanol–water partition coefficient (Wildman–Crippen LogP) is 4.68. The zero-order valence-electron chi connectivity index (χ0n) is 11.7. The van der Waals surface area contributed by atoms with Crippen LogP contribution in [0.1, 0.15) is 21.5 Å². The van der Waals surface area contributed by atoms with Gasteiger partial charge in [0.25, 0.3) is 5.91 Å². The van der Waals surface area contributed by atoms with Crippen LogP contribution >= 0.6 is 0 Å². The maximum Gasteiger partial charge on any atom is 0.416 e. The number of rotatable bonds is 2. The Labute approximate surface area is 131 Å². The molecule has 1 amide bonds. The van der Waals surface area contributed by atoms with Crippen molar-refractivity contribution >= 4 is 11.6 Å². The fraction of sp³-hybridized carbons (Fsp3) is 0.133. The number of carbonyl (C=O) groups is 1. The summed E-state index contributed by atoms with van der Waals surface area (Å²) >= 11 is 0. The number of halogens is 6. The van der Waals surface area contributed by atoms with Crippen LogP contribution in [0.25, 0.3) is 0 Å². The molecule has 0 aliphatic heterocycles. The molecule has 0 aromatic heterocycles. The molecule has 0 radical (unpaired) electrons. The second-order valence-corrected chi connectivity index (χ2v) is 4.77. The van der Waals surface area contributed by atoms with Gasteiger partial charge in [-0.15, -0.1) is 0 Å². The maximum absolute atomic E-state index is 12.7. The van der Waals surface area contributed by atoms with Crippen LogP contribution in [0.4, 0.5) is 32.0 Å². The lowest BCUT2D eigenvalue weighted by atomic mass is 10.1. The fourth-order valence-corrected chi connectivity index (χ4v) is 1.89. The molecule has 3 nitrogen and oxygen atoms in total. The molecule has 0 bridgehead atoms. The van der Waals surface area contributed by atoms with Crippen LogP contribution in [0.15, 0.2) is 42.5 Å². The van der Waals surface area contributed by atoms with Gasteiger partial charge in [0.15, 0.2) is 0 Å². The Balaban J connectivity index is 2.43. The molecule has 128 valence electrons. The van der Waals surface area contributed by atoms with Crippen molar-refractivity contribution in [3.63, 3.8) is 0 Å². The fourth-order valence-electron chi connectivity index (χ4n) is 1.89. The van der Waals surface area contributed by atoms with Crippen molar-refractivity contribution < 1.29 is 36.2 Å². The second kappa shape index (κ2) is 6.06. The van der Waals surface area contributed by atoms with E-state index in [-0.39, 0.29) is 11.6 Å². The van der Waals surface area contributed by atoms with Gasteiger partial charge in [0.1, 0.15) is 5.75 Å². The zero-order chi connectivity index (χ0) is 18.1. The normalized spacial score (nSPS) is 12.1. The molecule has 2 N–H and O–H groups in total. The van der Waals surface area contributed by atoms with Crippen molar-refractivity contribution in [2.24, 2.45) is 0 Å². The van der Waals surface area contributed by atoms with Crippen LogP contribution in [0.3, 0.4) is 0 Å². The number of aromatic hydroxyl groups is 1. The van der Waals surface area contributed by atoms with E-state index in [0.717, 1.165) is 6.07 Å². The number of nitrogens with one attached hydrogen (secondary N) is 1. The molecule has 24 heavy (non-hydrogen) atoms. The van der Waals surface area contributed by atoms with Crippen LogP contribution in [0.5, 0.6) is 5.75 Å². The smallest absolute Gasteiger partial charge is 0.416 e. The minimum atomic E-state index is -5.02. The molecule has 2 rings (SSSR count). The SMILES string of the molecule is O=C(Nc1cc(C(F)(F)F)cc(C(F)(F)F)c1)c1ccccc1O. The number of anilines is 1. The standard InChI is InChI=1S/C15H9F6NO2/c16-14(17,18)8-5-9(15(19,20)21)7-10(6-8)22-13(24)11-3-1-2-4-12(11)23/h1-7,23H,(H,22,24).